The molecule has 21 heavy (non-hydrogen) atoms. The number of carbonyl (C=O) groups excluding carboxylic acids is 1. The summed E-state index contributed by atoms with van der Waals surface area (Å²) in [5, 5.41) is 3.46. The van der Waals surface area contributed by atoms with Gasteiger partial charge in [0.1, 0.15) is 5.69 Å². The summed E-state index contributed by atoms with van der Waals surface area (Å²) in [6, 6.07) is 5.52. The molecule has 1 aliphatic heterocycles. The Hall–Kier alpha value is -1.46. The first-order valence-corrected chi connectivity index (χ1v) is 7.70. The van der Waals surface area contributed by atoms with Gasteiger partial charge in [0, 0.05) is 13.1 Å². The Morgan fingerprint density at radius 1 is 1.52 bits per heavy atom. The highest BCUT2D eigenvalue weighted by Crippen LogP contribution is 2.13. The van der Waals surface area contributed by atoms with Crippen LogP contribution in [-0.4, -0.2) is 49.1 Å². The highest BCUT2D eigenvalue weighted by Gasteiger charge is 2.17. The number of pyridine rings is 1. The van der Waals surface area contributed by atoms with E-state index in [2.05, 4.69) is 22.1 Å². The van der Waals surface area contributed by atoms with Crippen molar-refractivity contribution in [2.45, 2.75) is 26.3 Å². The van der Waals surface area contributed by atoms with Crippen molar-refractivity contribution >= 4 is 5.97 Å². The summed E-state index contributed by atoms with van der Waals surface area (Å²) in [6.07, 6.45) is 2.55. The van der Waals surface area contributed by atoms with Crippen molar-refractivity contribution in [2.75, 3.05) is 33.3 Å². The lowest BCUT2D eigenvalue weighted by molar-refractivity contribution is 0.0593. The number of nitrogens with zero attached hydrogens (tertiary/aromatic N) is 2. The third kappa shape index (κ3) is 4.79. The van der Waals surface area contributed by atoms with E-state index in [1.165, 1.54) is 20.0 Å². The second-order valence-electron chi connectivity index (χ2n) is 5.55. The van der Waals surface area contributed by atoms with Crippen molar-refractivity contribution in [2.24, 2.45) is 5.92 Å². The van der Waals surface area contributed by atoms with Crippen LogP contribution in [-0.2, 0) is 11.3 Å². The van der Waals surface area contributed by atoms with E-state index >= 15 is 0 Å². The number of methoxy groups -OCH3 is 1. The van der Waals surface area contributed by atoms with Crippen molar-refractivity contribution < 1.29 is 9.53 Å². The lowest BCUT2D eigenvalue weighted by Crippen LogP contribution is -2.38. The van der Waals surface area contributed by atoms with Gasteiger partial charge in [0.2, 0.25) is 0 Å². The van der Waals surface area contributed by atoms with Crippen molar-refractivity contribution in [1.82, 2.24) is 15.2 Å². The summed E-state index contributed by atoms with van der Waals surface area (Å²) in [4.78, 5) is 18.3. The molecule has 0 saturated carbocycles. The van der Waals surface area contributed by atoms with Gasteiger partial charge in [0.05, 0.1) is 12.8 Å². The first kappa shape index (κ1) is 15.9. The van der Waals surface area contributed by atoms with E-state index < -0.39 is 0 Å². The van der Waals surface area contributed by atoms with E-state index in [-0.39, 0.29) is 5.97 Å². The van der Waals surface area contributed by atoms with Gasteiger partial charge >= 0.3 is 5.97 Å². The van der Waals surface area contributed by atoms with Crippen molar-refractivity contribution in [1.29, 1.82) is 0 Å². The molecule has 0 amide bonds. The molecule has 1 aromatic heterocycles. The van der Waals surface area contributed by atoms with Gasteiger partial charge < -0.3 is 10.1 Å². The van der Waals surface area contributed by atoms with Crippen LogP contribution in [0.15, 0.2) is 18.2 Å². The molecule has 1 atom stereocenters. The maximum atomic E-state index is 11.5. The SMILES string of the molecule is CCN(Cc1cccc(C(=O)OC)n1)CC1CCCNC1. The summed E-state index contributed by atoms with van der Waals surface area (Å²) < 4.78 is 4.72. The Bertz CT molecular complexity index is 459. The molecule has 1 saturated heterocycles. The number of ether oxygens (including phenoxy) is 1. The van der Waals surface area contributed by atoms with Gasteiger partial charge in [0.25, 0.3) is 0 Å². The Morgan fingerprint density at radius 2 is 2.38 bits per heavy atom. The highest BCUT2D eigenvalue weighted by molar-refractivity contribution is 5.87. The van der Waals surface area contributed by atoms with E-state index in [9.17, 15) is 4.79 Å². The topological polar surface area (TPSA) is 54.5 Å². The average molecular weight is 291 g/mol. The van der Waals surface area contributed by atoms with Gasteiger partial charge in [-0.1, -0.05) is 13.0 Å². The smallest absolute Gasteiger partial charge is 0.356 e. The minimum absolute atomic E-state index is 0.378. The predicted molar refractivity (Wildman–Crippen MR) is 82.1 cm³/mol. The molecule has 1 aliphatic rings. The normalized spacial score (nSPS) is 18.7. The summed E-state index contributed by atoms with van der Waals surface area (Å²) in [5.74, 6) is 0.332. The Kier molecular flexibility index (Phi) is 6.14. The fourth-order valence-electron chi connectivity index (χ4n) is 2.77. The first-order valence-electron chi connectivity index (χ1n) is 7.70. The zero-order valence-corrected chi connectivity index (χ0v) is 13.0. The number of rotatable bonds is 6. The lowest BCUT2D eigenvalue weighted by atomic mass is 9.99. The number of carbonyl (C=O) groups is 1. The minimum atomic E-state index is -0.378. The molecule has 5 heteroatoms. The van der Waals surface area contributed by atoms with Crippen LogP contribution in [0.3, 0.4) is 0 Å². The van der Waals surface area contributed by atoms with Crippen LogP contribution in [0, 0.1) is 5.92 Å². The van der Waals surface area contributed by atoms with E-state index in [4.69, 9.17) is 4.74 Å². The van der Waals surface area contributed by atoms with Crippen LogP contribution in [0.1, 0.15) is 35.9 Å². The second kappa shape index (κ2) is 8.10. The molecule has 1 fully saturated rings. The molecule has 2 heterocycles. The molecule has 1 unspecified atom stereocenters. The Morgan fingerprint density at radius 3 is 3.05 bits per heavy atom. The fraction of sp³-hybridized carbons (Fsp3) is 0.625. The molecule has 0 aliphatic carbocycles. The quantitative estimate of drug-likeness (QED) is 0.808. The number of hydrogen-bond acceptors (Lipinski definition) is 5. The summed E-state index contributed by atoms with van der Waals surface area (Å²) in [7, 11) is 1.38. The molecule has 0 radical (unpaired) electrons. The third-order valence-electron chi connectivity index (χ3n) is 3.95. The van der Waals surface area contributed by atoms with Crippen molar-refractivity contribution in [3.63, 3.8) is 0 Å². The number of nitrogens with one attached hydrogen (secondary N) is 1. The molecule has 1 N–H and O–H groups in total. The number of aromatic nitrogens is 1. The molecule has 0 aromatic carbocycles. The molecule has 1 aromatic rings. The summed E-state index contributed by atoms with van der Waals surface area (Å²) >= 11 is 0. The van der Waals surface area contributed by atoms with E-state index in [0.717, 1.165) is 38.4 Å². The summed E-state index contributed by atoms with van der Waals surface area (Å²) in [5.41, 5.74) is 1.30. The van der Waals surface area contributed by atoms with E-state index in [1.54, 1.807) is 6.07 Å². The lowest BCUT2D eigenvalue weighted by Gasteiger charge is -2.29. The standard InChI is InChI=1S/C16H25N3O2/c1-3-19(11-13-6-5-9-17-10-13)12-14-7-4-8-15(18-14)16(20)21-2/h4,7-8,13,17H,3,5-6,9-12H2,1-2H3. The van der Waals surface area contributed by atoms with Crippen LogP contribution >= 0.6 is 0 Å². The molecule has 2 rings (SSSR count). The molecule has 0 bridgehead atoms. The predicted octanol–water partition coefficient (Wildman–Crippen LogP) is 1.69. The molecular formula is C16H25N3O2. The van der Waals surface area contributed by atoms with Crippen LogP contribution in [0.2, 0.25) is 0 Å². The number of esters is 1. The van der Waals surface area contributed by atoms with E-state index in [0.29, 0.717) is 11.6 Å². The highest BCUT2D eigenvalue weighted by atomic mass is 16.5. The molecular weight excluding hydrogens is 266 g/mol. The zero-order chi connectivity index (χ0) is 15.1. The van der Waals surface area contributed by atoms with Gasteiger partial charge in [-0.25, -0.2) is 9.78 Å². The van der Waals surface area contributed by atoms with Crippen molar-refractivity contribution in [3.05, 3.63) is 29.6 Å². The average Bonchev–Trinajstić information content (AvgIpc) is 2.54. The zero-order valence-electron chi connectivity index (χ0n) is 13.0. The van der Waals surface area contributed by atoms with Crippen molar-refractivity contribution in [3.8, 4) is 0 Å². The molecule has 0 spiro atoms. The van der Waals surface area contributed by atoms with Gasteiger partial charge in [-0.2, -0.15) is 0 Å². The first-order chi connectivity index (χ1) is 10.2. The number of hydrogen-bond donors (Lipinski definition) is 1. The monoisotopic (exact) mass is 291 g/mol. The van der Waals surface area contributed by atoms with Gasteiger partial charge in [-0.15, -0.1) is 0 Å². The Balaban J connectivity index is 1.95. The molecule has 116 valence electrons. The second-order valence-corrected chi connectivity index (χ2v) is 5.55. The molecule has 5 nitrogen and oxygen atoms in total. The maximum absolute atomic E-state index is 11.5. The van der Waals surface area contributed by atoms with Crippen LogP contribution in [0.4, 0.5) is 0 Å². The van der Waals surface area contributed by atoms with Gasteiger partial charge in [0.15, 0.2) is 0 Å². The van der Waals surface area contributed by atoms with Crippen LogP contribution in [0.5, 0.6) is 0 Å². The largest absolute Gasteiger partial charge is 0.464 e. The minimum Gasteiger partial charge on any atom is -0.464 e. The third-order valence-corrected chi connectivity index (χ3v) is 3.95. The van der Waals surface area contributed by atoms with Gasteiger partial charge in [-0.3, -0.25) is 4.90 Å². The summed E-state index contributed by atoms with van der Waals surface area (Å²) in [6.45, 7) is 7.25. The maximum Gasteiger partial charge on any atom is 0.356 e. The van der Waals surface area contributed by atoms with Crippen LogP contribution in [0.25, 0.3) is 0 Å². The Labute approximate surface area is 126 Å². The van der Waals surface area contributed by atoms with E-state index in [1.807, 2.05) is 12.1 Å². The van der Waals surface area contributed by atoms with Gasteiger partial charge in [-0.05, 0) is 50.5 Å². The van der Waals surface area contributed by atoms with Crippen LogP contribution < -0.4 is 5.32 Å². The number of piperidine rings is 1. The fourth-order valence-corrected chi connectivity index (χ4v) is 2.77.